The van der Waals surface area contributed by atoms with Crippen LogP contribution in [0.1, 0.15) is 50.5 Å². The summed E-state index contributed by atoms with van der Waals surface area (Å²) in [5.41, 5.74) is 1.99. The van der Waals surface area contributed by atoms with Crippen LogP contribution in [0.15, 0.2) is 30.3 Å². The van der Waals surface area contributed by atoms with Gasteiger partial charge in [-0.05, 0) is 49.5 Å². The summed E-state index contributed by atoms with van der Waals surface area (Å²) in [4.78, 5) is 0. The third-order valence-corrected chi connectivity index (χ3v) is 4.88. The van der Waals surface area contributed by atoms with Gasteiger partial charge >= 0.3 is 0 Å². The molecule has 0 aromatic heterocycles. The Morgan fingerprint density at radius 2 is 1.75 bits per heavy atom. The van der Waals surface area contributed by atoms with Crippen molar-refractivity contribution < 1.29 is 9.47 Å². The predicted octanol–water partition coefficient (Wildman–Crippen LogP) is 4.33. The average molecular weight is 274 g/mol. The Labute approximate surface area is 122 Å². The molecule has 2 fully saturated rings. The summed E-state index contributed by atoms with van der Waals surface area (Å²) in [7, 11) is 0. The molecule has 2 saturated carbocycles. The molecular formula is C18H26O2. The maximum Gasteiger partial charge on any atom is 0.0716 e. The second kappa shape index (κ2) is 6.73. The molecule has 0 radical (unpaired) electrons. The molecule has 0 atom stereocenters. The lowest BCUT2D eigenvalue weighted by molar-refractivity contribution is -0.117. The first-order valence-electron chi connectivity index (χ1n) is 8.10. The van der Waals surface area contributed by atoms with E-state index in [9.17, 15) is 0 Å². The topological polar surface area (TPSA) is 18.5 Å². The van der Waals surface area contributed by atoms with Gasteiger partial charge in [0.05, 0.1) is 12.7 Å². The van der Waals surface area contributed by atoms with Crippen LogP contribution in [0.5, 0.6) is 0 Å². The molecule has 20 heavy (non-hydrogen) atoms. The summed E-state index contributed by atoms with van der Waals surface area (Å²) in [5.74, 6) is 0. The molecule has 2 heteroatoms. The fraction of sp³-hybridized carbons (Fsp3) is 0.667. The zero-order valence-electron chi connectivity index (χ0n) is 12.4. The van der Waals surface area contributed by atoms with Gasteiger partial charge in [-0.1, -0.05) is 36.8 Å². The van der Waals surface area contributed by atoms with E-state index in [0.717, 1.165) is 38.1 Å². The highest BCUT2D eigenvalue weighted by molar-refractivity contribution is 5.13. The molecule has 2 nitrogen and oxygen atoms in total. The van der Waals surface area contributed by atoms with Crippen LogP contribution >= 0.6 is 0 Å². The van der Waals surface area contributed by atoms with Crippen LogP contribution in [0.3, 0.4) is 0 Å². The molecule has 0 aliphatic heterocycles. The Kier molecular flexibility index (Phi) is 4.74. The number of ether oxygens (including phenoxy) is 2. The summed E-state index contributed by atoms with van der Waals surface area (Å²) in [6.07, 6.45) is 9.82. The van der Waals surface area contributed by atoms with Crippen LogP contribution in [0.4, 0.5) is 0 Å². The third-order valence-electron chi connectivity index (χ3n) is 4.88. The van der Waals surface area contributed by atoms with Crippen molar-refractivity contribution in [1.82, 2.24) is 0 Å². The first-order valence-corrected chi connectivity index (χ1v) is 8.10. The molecule has 1 aromatic carbocycles. The van der Waals surface area contributed by atoms with Crippen molar-refractivity contribution in [2.75, 3.05) is 13.2 Å². The molecule has 2 aliphatic carbocycles. The Bertz CT molecular complexity index is 389. The van der Waals surface area contributed by atoms with Gasteiger partial charge in [0.1, 0.15) is 0 Å². The van der Waals surface area contributed by atoms with Gasteiger partial charge in [0, 0.05) is 13.2 Å². The van der Waals surface area contributed by atoms with E-state index in [0.29, 0.717) is 6.10 Å². The monoisotopic (exact) mass is 274 g/mol. The summed E-state index contributed by atoms with van der Waals surface area (Å²) >= 11 is 0. The Hall–Kier alpha value is -0.860. The number of hydrogen-bond acceptors (Lipinski definition) is 2. The van der Waals surface area contributed by atoms with Crippen LogP contribution in [0.2, 0.25) is 0 Å². The van der Waals surface area contributed by atoms with E-state index >= 15 is 0 Å². The number of hydrogen-bond donors (Lipinski definition) is 0. The van der Waals surface area contributed by atoms with Gasteiger partial charge in [-0.2, -0.15) is 0 Å². The standard InChI is InChI=1S/C18H26O2/c1-2-7-16(8-3-1)15-19-11-4-5-12-20-17-13-18(14-17)9-6-10-18/h1-3,7-8,17H,4-6,9-15H2. The highest BCUT2D eigenvalue weighted by Gasteiger charge is 2.48. The summed E-state index contributed by atoms with van der Waals surface area (Å²) in [5, 5.41) is 0. The molecule has 3 rings (SSSR count). The van der Waals surface area contributed by atoms with Crippen molar-refractivity contribution in [2.45, 2.75) is 57.7 Å². The van der Waals surface area contributed by atoms with Gasteiger partial charge in [-0.15, -0.1) is 0 Å². The van der Waals surface area contributed by atoms with E-state index in [1.54, 1.807) is 0 Å². The van der Waals surface area contributed by atoms with Crippen molar-refractivity contribution in [3.05, 3.63) is 35.9 Å². The number of unbranched alkanes of at least 4 members (excludes halogenated alkanes) is 1. The van der Waals surface area contributed by atoms with E-state index in [4.69, 9.17) is 9.47 Å². The minimum Gasteiger partial charge on any atom is -0.378 e. The number of rotatable bonds is 8. The van der Waals surface area contributed by atoms with Crippen LogP contribution in [0, 0.1) is 5.41 Å². The van der Waals surface area contributed by atoms with E-state index in [1.165, 1.54) is 37.7 Å². The second-order valence-electron chi connectivity index (χ2n) is 6.50. The highest BCUT2D eigenvalue weighted by Crippen LogP contribution is 2.56. The highest BCUT2D eigenvalue weighted by atomic mass is 16.5. The lowest BCUT2D eigenvalue weighted by Crippen LogP contribution is -2.47. The van der Waals surface area contributed by atoms with Crippen LogP contribution in [-0.2, 0) is 16.1 Å². The van der Waals surface area contributed by atoms with E-state index < -0.39 is 0 Å². The smallest absolute Gasteiger partial charge is 0.0716 e. The minimum absolute atomic E-state index is 0.570. The molecule has 0 bridgehead atoms. The Morgan fingerprint density at radius 3 is 2.45 bits per heavy atom. The third kappa shape index (κ3) is 3.62. The maximum atomic E-state index is 5.92. The van der Waals surface area contributed by atoms with Crippen LogP contribution in [-0.4, -0.2) is 19.3 Å². The first kappa shape index (κ1) is 14.1. The molecule has 1 spiro atoms. The summed E-state index contributed by atoms with van der Waals surface area (Å²) in [6.45, 7) is 2.48. The molecule has 0 unspecified atom stereocenters. The van der Waals surface area contributed by atoms with Gasteiger partial charge in [-0.3, -0.25) is 0 Å². The molecule has 0 amide bonds. The van der Waals surface area contributed by atoms with Gasteiger partial charge in [-0.25, -0.2) is 0 Å². The molecular weight excluding hydrogens is 248 g/mol. The van der Waals surface area contributed by atoms with Crippen molar-refractivity contribution in [3.63, 3.8) is 0 Å². The molecule has 0 N–H and O–H groups in total. The van der Waals surface area contributed by atoms with E-state index in [2.05, 4.69) is 24.3 Å². The average Bonchev–Trinajstić information content (AvgIpc) is 2.39. The molecule has 110 valence electrons. The zero-order chi connectivity index (χ0) is 13.7. The van der Waals surface area contributed by atoms with Gasteiger partial charge in [0.15, 0.2) is 0 Å². The minimum atomic E-state index is 0.570. The van der Waals surface area contributed by atoms with Crippen LogP contribution in [0.25, 0.3) is 0 Å². The fourth-order valence-electron chi connectivity index (χ4n) is 3.43. The molecule has 2 aliphatic rings. The maximum absolute atomic E-state index is 5.92. The summed E-state index contributed by atoms with van der Waals surface area (Å²) in [6, 6.07) is 10.4. The lowest BCUT2D eigenvalue weighted by atomic mass is 9.55. The largest absolute Gasteiger partial charge is 0.378 e. The predicted molar refractivity (Wildman–Crippen MR) is 80.6 cm³/mol. The van der Waals surface area contributed by atoms with Crippen molar-refractivity contribution in [1.29, 1.82) is 0 Å². The SMILES string of the molecule is c1ccc(COCCCCOC2CC3(CCC3)C2)cc1. The van der Waals surface area contributed by atoms with Crippen molar-refractivity contribution in [2.24, 2.45) is 5.41 Å². The van der Waals surface area contributed by atoms with Crippen molar-refractivity contribution in [3.8, 4) is 0 Å². The van der Waals surface area contributed by atoms with E-state index in [-0.39, 0.29) is 0 Å². The molecule has 1 aromatic rings. The fourth-order valence-corrected chi connectivity index (χ4v) is 3.43. The Balaban J connectivity index is 1.15. The van der Waals surface area contributed by atoms with Gasteiger partial charge < -0.3 is 9.47 Å². The lowest BCUT2D eigenvalue weighted by Gasteiger charge is -2.53. The van der Waals surface area contributed by atoms with Gasteiger partial charge in [0.2, 0.25) is 0 Å². The normalized spacial score (nSPS) is 20.6. The number of benzene rings is 1. The quantitative estimate of drug-likeness (QED) is 0.657. The zero-order valence-corrected chi connectivity index (χ0v) is 12.4. The summed E-state index contributed by atoms with van der Waals surface area (Å²) < 4.78 is 11.6. The van der Waals surface area contributed by atoms with E-state index in [1.807, 2.05) is 6.07 Å². The second-order valence-corrected chi connectivity index (χ2v) is 6.50. The Morgan fingerprint density at radius 1 is 1.00 bits per heavy atom. The van der Waals surface area contributed by atoms with Crippen molar-refractivity contribution >= 4 is 0 Å². The molecule has 0 saturated heterocycles. The first-order chi connectivity index (χ1) is 9.86. The van der Waals surface area contributed by atoms with Gasteiger partial charge in [0.25, 0.3) is 0 Å². The molecule has 0 heterocycles. The van der Waals surface area contributed by atoms with Crippen LogP contribution < -0.4 is 0 Å².